The quantitative estimate of drug-likeness (QED) is 0.756. The van der Waals surface area contributed by atoms with Gasteiger partial charge in [-0.15, -0.1) is 0 Å². The lowest BCUT2D eigenvalue weighted by Gasteiger charge is -2.24. The molecule has 134 valence electrons. The van der Waals surface area contributed by atoms with Gasteiger partial charge in [0.2, 0.25) is 0 Å². The van der Waals surface area contributed by atoms with Crippen molar-refractivity contribution in [1.82, 2.24) is 0 Å². The molecule has 0 bridgehead atoms. The van der Waals surface area contributed by atoms with Gasteiger partial charge in [0.25, 0.3) is 5.91 Å². The fourth-order valence-corrected chi connectivity index (χ4v) is 7.45. The highest BCUT2D eigenvalue weighted by Crippen LogP contribution is 2.41. The summed E-state index contributed by atoms with van der Waals surface area (Å²) in [5.74, 6) is -0.109. The summed E-state index contributed by atoms with van der Waals surface area (Å²) < 4.78 is 29.5. The lowest BCUT2D eigenvalue weighted by atomic mass is 10.2. The number of hydrogen-bond donors (Lipinski definition) is 0. The molecular weight excluding hydrogens is 384 g/mol. The molecule has 3 fully saturated rings. The van der Waals surface area contributed by atoms with Crippen LogP contribution in [0.5, 0.6) is 0 Å². The van der Waals surface area contributed by atoms with Crippen LogP contribution in [0.4, 0.5) is 5.69 Å². The number of halogens is 1. The van der Waals surface area contributed by atoms with Crippen LogP contribution < -0.4 is 4.90 Å². The predicted molar refractivity (Wildman–Crippen MR) is 99.2 cm³/mol. The third kappa shape index (κ3) is 3.45. The van der Waals surface area contributed by atoms with E-state index in [1.807, 2.05) is 17.0 Å². The number of benzene rings is 1. The van der Waals surface area contributed by atoms with Crippen molar-refractivity contribution in [3.63, 3.8) is 0 Å². The molecule has 3 atom stereocenters. The van der Waals surface area contributed by atoms with E-state index in [0.29, 0.717) is 23.2 Å². The molecule has 3 saturated heterocycles. The molecule has 0 unspecified atom stereocenters. The van der Waals surface area contributed by atoms with Gasteiger partial charge in [0.1, 0.15) is 6.10 Å². The van der Waals surface area contributed by atoms with Crippen molar-refractivity contribution < 1.29 is 17.9 Å². The van der Waals surface area contributed by atoms with Crippen LogP contribution in [-0.2, 0) is 19.4 Å². The molecule has 0 radical (unpaired) electrons. The molecule has 3 aliphatic rings. The Balaban J connectivity index is 1.68. The molecule has 9 heteroatoms. The highest BCUT2D eigenvalue weighted by Gasteiger charge is 2.49. The Bertz CT molecular complexity index is 819. The summed E-state index contributed by atoms with van der Waals surface area (Å²) in [4.78, 5) is 18.5. The molecule has 1 amide bonds. The number of thioether (sulfide) groups is 1. The van der Waals surface area contributed by atoms with Gasteiger partial charge in [0.05, 0.1) is 17.5 Å². The molecule has 4 rings (SSSR count). The number of carbonyl (C=O) groups is 1. The minimum Gasteiger partial charge on any atom is -0.368 e. The number of rotatable bonds is 2. The number of amides is 1. The molecule has 1 aromatic rings. The molecule has 25 heavy (non-hydrogen) atoms. The van der Waals surface area contributed by atoms with Crippen LogP contribution in [0.1, 0.15) is 12.8 Å². The lowest BCUT2D eigenvalue weighted by molar-refractivity contribution is -0.126. The van der Waals surface area contributed by atoms with Crippen LogP contribution in [0.15, 0.2) is 29.3 Å². The van der Waals surface area contributed by atoms with Crippen LogP contribution in [0, 0.1) is 0 Å². The van der Waals surface area contributed by atoms with Crippen LogP contribution in [0.3, 0.4) is 0 Å². The first-order valence-electron chi connectivity index (χ1n) is 8.09. The monoisotopic (exact) mass is 400 g/mol. The summed E-state index contributed by atoms with van der Waals surface area (Å²) in [6.45, 7) is 0.582. The zero-order chi connectivity index (χ0) is 17.6. The predicted octanol–water partition coefficient (Wildman–Crippen LogP) is 2.12. The molecule has 0 aliphatic carbocycles. The third-order valence-electron chi connectivity index (χ3n) is 4.58. The normalized spacial score (nSPS) is 32.3. The van der Waals surface area contributed by atoms with Gasteiger partial charge in [-0.2, -0.15) is 4.99 Å². The first kappa shape index (κ1) is 17.3. The first-order chi connectivity index (χ1) is 11.9. The molecule has 0 spiro atoms. The van der Waals surface area contributed by atoms with Crippen molar-refractivity contribution in [3.05, 3.63) is 29.3 Å². The van der Waals surface area contributed by atoms with Gasteiger partial charge < -0.3 is 9.64 Å². The van der Waals surface area contributed by atoms with Gasteiger partial charge in [-0.1, -0.05) is 23.4 Å². The second-order valence-corrected chi connectivity index (χ2v) is 10.2. The van der Waals surface area contributed by atoms with E-state index in [-0.39, 0.29) is 28.7 Å². The Morgan fingerprint density at radius 1 is 1.28 bits per heavy atom. The Labute approximate surface area is 155 Å². The molecule has 0 saturated carbocycles. The van der Waals surface area contributed by atoms with Crippen molar-refractivity contribution in [2.75, 3.05) is 23.0 Å². The Morgan fingerprint density at radius 2 is 2.04 bits per heavy atom. The second kappa shape index (κ2) is 6.57. The van der Waals surface area contributed by atoms with Crippen LogP contribution in [0.2, 0.25) is 5.02 Å². The van der Waals surface area contributed by atoms with E-state index >= 15 is 0 Å². The minimum absolute atomic E-state index is 0.0699. The summed E-state index contributed by atoms with van der Waals surface area (Å²) in [5.41, 5.74) is 0.792. The maximum absolute atomic E-state index is 12.4. The molecule has 3 heterocycles. The van der Waals surface area contributed by atoms with Crippen molar-refractivity contribution in [3.8, 4) is 0 Å². The maximum atomic E-state index is 12.4. The average Bonchev–Trinajstić information content (AvgIpc) is 3.23. The lowest BCUT2D eigenvalue weighted by Crippen LogP contribution is -2.38. The van der Waals surface area contributed by atoms with Gasteiger partial charge in [0.15, 0.2) is 15.0 Å². The number of sulfone groups is 1. The third-order valence-corrected chi connectivity index (χ3v) is 8.04. The number of carbonyl (C=O) groups excluding carboxylic acids is 1. The van der Waals surface area contributed by atoms with E-state index in [9.17, 15) is 13.2 Å². The van der Waals surface area contributed by atoms with Gasteiger partial charge in [0, 0.05) is 22.6 Å². The standard InChI is InChI=1S/C16H17ClN2O4S2/c17-10-3-5-11(6-4-10)19-12-8-25(21,22)9-14(12)24-16(19)18-15(20)13-2-1-7-23-13/h3-6,12-14H,1-2,7-9H2/t12-,13+,14+/m1/s1. The second-order valence-electron chi connectivity index (χ2n) is 6.38. The summed E-state index contributed by atoms with van der Waals surface area (Å²) >= 11 is 7.33. The van der Waals surface area contributed by atoms with Crippen LogP contribution >= 0.6 is 23.4 Å². The Kier molecular flexibility index (Phi) is 4.56. The van der Waals surface area contributed by atoms with E-state index in [2.05, 4.69) is 4.99 Å². The molecule has 1 aromatic carbocycles. The van der Waals surface area contributed by atoms with E-state index in [1.165, 1.54) is 11.8 Å². The fourth-order valence-electron chi connectivity index (χ4n) is 3.41. The number of fused-ring (bicyclic) bond motifs is 1. The van der Waals surface area contributed by atoms with E-state index in [0.717, 1.165) is 12.1 Å². The molecular formula is C16H17ClN2O4S2. The van der Waals surface area contributed by atoms with E-state index in [4.69, 9.17) is 16.3 Å². The zero-order valence-corrected chi connectivity index (χ0v) is 15.7. The number of hydrogen-bond acceptors (Lipinski definition) is 5. The van der Waals surface area contributed by atoms with Crippen molar-refractivity contribution in [2.45, 2.75) is 30.2 Å². The molecule has 0 N–H and O–H groups in total. The van der Waals surface area contributed by atoms with Gasteiger partial charge in [-0.25, -0.2) is 8.42 Å². The average molecular weight is 401 g/mol. The number of amidine groups is 1. The molecule has 3 aliphatic heterocycles. The number of aliphatic imine (C=N–C) groups is 1. The number of ether oxygens (including phenoxy) is 1. The highest BCUT2D eigenvalue weighted by atomic mass is 35.5. The van der Waals surface area contributed by atoms with E-state index in [1.54, 1.807) is 12.1 Å². The summed E-state index contributed by atoms with van der Waals surface area (Å²) in [7, 11) is -3.08. The molecule has 6 nitrogen and oxygen atoms in total. The number of anilines is 1. The van der Waals surface area contributed by atoms with Gasteiger partial charge in [-0.05, 0) is 37.1 Å². The SMILES string of the molecule is O=C(N=C1S[C@H]2CS(=O)(=O)C[C@H]2N1c1ccc(Cl)cc1)[C@@H]1CCCO1. The summed E-state index contributed by atoms with van der Waals surface area (Å²) in [6.07, 6.45) is 1.06. The zero-order valence-electron chi connectivity index (χ0n) is 13.3. The summed E-state index contributed by atoms with van der Waals surface area (Å²) in [5, 5.41) is 1.03. The smallest absolute Gasteiger partial charge is 0.277 e. The number of nitrogens with zero attached hydrogens (tertiary/aromatic N) is 2. The molecule has 0 aromatic heterocycles. The first-order valence-corrected chi connectivity index (χ1v) is 11.2. The highest BCUT2D eigenvalue weighted by molar-refractivity contribution is 8.16. The Hall–Kier alpha value is -1.09. The minimum atomic E-state index is -3.08. The largest absolute Gasteiger partial charge is 0.368 e. The fraction of sp³-hybridized carbons (Fsp3) is 0.500. The van der Waals surface area contributed by atoms with Crippen LogP contribution in [-0.4, -0.2) is 55.0 Å². The van der Waals surface area contributed by atoms with Crippen molar-refractivity contribution in [1.29, 1.82) is 0 Å². The van der Waals surface area contributed by atoms with Gasteiger partial charge in [-0.3, -0.25) is 4.79 Å². The van der Waals surface area contributed by atoms with Crippen molar-refractivity contribution >= 4 is 50.0 Å². The van der Waals surface area contributed by atoms with E-state index < -0.39 is 15.9 Å². The van der Waals surface area contributed by atoms with Gasteiger partial charge >= 0.3 is 0 Å². The topological polar surface area (TPSA) is 76.0 Å². The maximum Gasteiger partial charge on any atom is 0.277 e. The Morgan fingerprint density at radius 3 is 2.72 bits per heavy atom. The summed E-state index contributed by atoms with van der Waals surface area (Å²) in [6, 6.07) is 6.92. The van der Waals surface area contributed by atoms with Crippen LogP contribution in [0.25, 0.3) is 0 Å². The van der Waals surface area contributed by atoms with Crippen molar-refractivity contribution in [2.24, 2.45) is 4.99 Å².